The number of halogens is 4. The molecule has 0 unspecified atom stereocenters. The first kappa shape index (κ1) is 28.1. The Balaban J connectivity index is 1.52. The predicted molar refractivity (Wildman–Crippen MR) is 139 cm³/mol. The Hall–Kier alpha value is -2.89. The van der Waals surface area contributed by atoms with E-state index in [-0.39, 0.29) is 40.2 Å². The molecule has 0 saturated heterocycles. The smallest absolute Gasteiger partial charge is 0.270 e. The second-order valence-electron chi connectivity index (χ2n) is 9.62. The van der Waals surface area contributed by atoms with Crippen molar-refractivity contribution in [2.24, 2.45) is 0 Å². The summed E-state index contributed by atoms with van der Waals surface area (Å²) in [4.78, 5) is 8.82. The molecule has 0 aliphatic heterocycles. The van der Waals surface area contributed by atoms with Crippen LogP contribution in [0.25, 0.3) is 0 Å². The number of benzene rings is 2. The molecule has 1 saturated carbocycles. The number of aromatic nitrogens is 2. The van der Waals surface area contributed by atoms with Crippen molar-refractivity contribution in [1.82, 2.24) is 14.9 Å². The number of sulfonamides is 1. The summed E-state index contributed by atoms with van der Waals surface area (Å²) in [6.45, 7) is 0.880. The summed E-state index contributed by atoms with van der Waals surface area (Å²) in [7, 11) is -0.538. The molecule has 7 nitrogen and oxygen atoms in total. The van der Waals surface area contributed by atoms with E-state index in [9.17, 15) is 21.6 Å². The van der Waals surface area contributed by atoms with E-state index in [1.54, 1.807) is 12.1 Å². The fourth-order valence-corrected chi connectivity index (χ4v) is 6.05. The highest BCUT2D eigenvalue weighted by molar-refractivity contribution is 7.92. The van der Waals surface area contributed by atoms with Crippen molar-refractivity contribution in [2.45, 2.75) is 55.1 Å². The number of anilines is 1. The molecule has 2 aromatic carbocycles. The Morgan fingerprint density at radius 2 is 1.92 bits per heavy atom. The van der Waals surface area contributed by atoms with Crippen molar-refractivity contribution >= 4 is 27.4 Å². The minimum atomic E-state index is -4.31. The number of hydrogen-bond acceptors (Lipinski definition) is 6. The zero-order valence-electron chi connectivity index (χ0n) is 21.0. The fourth-order valence-electron chi connectivity index (χ4n) is 4.68. The maximum Gasteiger partial charge on any atom is 0.270 e. The van der Waals surface area contributed by atoms with Gasteiger partial charge in [-0.3, -0.25) is 4.72 Å². The highest BCUT2D eigenvalue weighted by Crippen LogP contribution is 2.40. The van der Waals surface area contributed by atoms with E-state index in [1.807, 2.05) is 25.1 Å². The lowest BCUT2D eigenvalue weighted by molar-refractivity contribution is 0.0172. The summed E-state index contributed by atoms with van der Waals surface area (Å²) in [6.07, 6.45) is 3.99. The van der Waals surface area contributed by atoms with Crippen LogP contribution in [-0.4, -0.2) is 49.5 Å². The van der Waals surface area contributed by atoms with Crippen molar-refractivity contribution in [3.05, 3.63) is 77.0 Å². The van der Waals surface area contributed by atoms with Crippen LogP contribution in [0.2, 0.25) is 5.02 Å². The highest BCUT2D eigenvalue weighted by Gasteiger charge is 2.35. The average molecular weight is 569 g/mol. The summed E-state index contributed by atoms with van der Waals surface area (Å²) in [5, 5.41) is -0.0630. The second-order valence-corrected chi connectivity index (χ2v) is 11.7. The van der Waals surface area contributed by atoms with Gasteiger partial charge in [-0.05, 0) is 63.0 Å². The van der Waals surface area contributed by atoms with Gasteiger partial charge in [0, 0.05) is 30.8 Å². The number of nitrogens with one attached hydrogen (secondary N) is 1. The maximum absolute atomic E-state index is 15.0. The summed E-state index contributed by atoms with van der Waals surface area (Å²) in [5.41, 5.74) is 0.811. The van der Waals surface area contributed by atoms with Crippen LogP contribution in [0, 0.1) is 5.82 Å². The molecule has 0 spiro atoms. The third kappa shape index (κ3) is 6.39. The Bertz CT molecular complexity index is 1390. The number of ether oxygens (including phenoxy) is 1. The van der Waals surface area contributed by atoms with Crippen LogP contribution in [0.1, 0.15) is 43.2 Å². The van der Waals surface area contributed by atoms with Crippen LogP contribution < -0.4 is 9.46 Å². The van der Waals surface area contributed by atoms with Gasteiger partial charge in [0.1, 0.15) is 34.7 Å². The molecule has 12 heteroatoms. The number of alkyl halides is 2. The Morgan fingerprint density at radius 1 is 1.16 bits per heavy atom. The van der Waals surface area contributed by atoms with E-state index < -0.39 is 26.7 Å². The van der Waals surface area contributed by atoms with E-state index in [2.05, 4.69) is 14.7 Å². The SMILES string of the molecule is CN(C)[C@H]1C[C@@H](c2cccc(C(C)(F)F)c2)CC[C@@H]1Oc1cc(F)c(S(=O)(=O)Nc2ccncn2)cc1Cl. The number of nitrogens with zero attached hydrogens (tertiary/aromatic N) is 3. The monoisotopic (exact) mass is 568 g/mol. The van der Waals surface area contributed by atoms with Gasteiger partial charge in [0.15, 0.2) is 0 Å². The number of likely N-dealkylation sites (N-methyl/N-ethyl adjacent to an activating group) is 1. The molecule has 204 valence electrons. The summed E-state index contributed by atoms with van der Waals surface area (Å²) < 4.78 is 76.5. The molecule has 4 rings (SSSR count). The van der Waals surface area contributed by atoms with Gasteiger partial charge < -0.3 is 9.64 Å². The van der Waals surface area contributed by atoms with Gasteiger partial charge in [0.05, 0.1) is 5.02 Å². The molecule has 0 bridgehead atoms. The molecule has 0 amide bonds. The van der Waals surface area contributed by atoms with E-state index in [0.717, 1.165) is 30.9 Å². The molecular weight excluding hydrogens is 541 g/mol. The number of hydrogen-bond donors (Lipinski definition) is 1. The largest absolute Gasteiger partial charge is 0.487 e. The molecule has 3 aromatic rings. The minimum Gasteiger partial charge on any atom is -0.487 e. The van der Waals surface area contributed by atoms with Crippen LogP contribution in [0.15, 0.2) is 59.9 Å². The van der Waals surface area contributed by atoms with Gasteiger partial charge in [-0.2, -0.15) is 0 Å². The molecule has 38 heavy (non-hydrogen) atoms. The molecule has 1 N–H and O–H groups in total. The standard InChI is InChI=1S/C26H28ClF3N4O3S/c1-26(29,30)18-6-4-5-16(11-18)17-7-8-22(21(12-17)34(2)3)37-23-14-20(28)24(13-19(23)27)38(35,36)33-25-9-10-31-15-32-25/h4-6,9-11,13-15,17,21-22H,7-8,12H2,1-3H3,(H,31,32,33)/t17-,21-,22-/m0/s1. The lowest BCUT2D eigenvalue weighted by Crippen LogP contribution is -2.46. The lowest BCUT2D eigenvalue weighted by atomic mass is 9.79. The Morgan fingerprint density at radius 3 is 2.58 bits per heavy atom. The quantitative estimate of drug-likeness (QED) is 0.368. The van der Waals surface area contributed by atoms with Crippen LogP contribution in [0.5, 0.6) is 5.75 Å². The molecule has 1 aliphatic carbocycles. The molecule has 1 heterocycles. The summed E-state index contributed by atoms with van der Waals surface area (Å²) in [5.74, 6) is -3.92. The molecular formula is C26H28ClF3N4O3S. The zero-order valence-corrected chi connectivity index (χ0v) is 22.6. The van der Waals surface area contributed by atoms with E-state index >= 15 is 0 Å². The van der Waals surface area contributed by atoms with E-state index in [1.165, 1.54) is 18.3 Å². The summed E-state index contributed by atoms with van der Waals surface area (Å²) >= 11 is 6.35. The van der Waals surface area contributed by atoms with Crippen molar-refractivity contribution in [1.29, 1.82) is 0 Å². The van der Waals surface area contributed by atoms with Crippen molar-refractivity contribution < 1.29 is 26.3 Å². The van der Waals surface area contributed by atoms with Gasteiger partial charge >= 0.3 is 0 Å². The van der Waals surface area contributed by atoms with Crippen molar-refractivity contribution in [3.63, 3.8) is 0 Å². The number of rotatable bonds is 8. The fraction of sp³-hybridized carbons (Fsp3) is 0.385. The van der Waals surface area contributed by atoms with Crippen LogP contribution >= 0.6 is 11.6 Å². The first-order valence-electron chi connectivity index (χ1n) is 11.9. The molecule has 1 fully saturated rings. The first-order chi connectivity index (χ1) is 17.8. The van der Waals surface area contributed by atoms with E-state index in [4.69, 9.17) is 16.3 Å². The van der Waals surface area contributed by atoms with E-state index in [0.29, 0.717) is 19.3 Å². The van der Waals surface area contributed by atoms with Gasteiger partial charge in [-0.1, -0.05) is 29.8 Å². The zero-order chi connectivity index (χ0) is 27.7. The van der Waals surface area contributed by atoms with Crippen LogP contribution in [0.4, 0.5) is 19.0 Å². The topological polar surface area (TPSA) is 84.4 Å². The maximum atomic E-state index is 15.0. The normalized spacial score (nSPS) is 20.4. The summed E-state index contributed by atoms with van der Waals surface area (Å²) in [6, 6.07) is 9.65. The minimum absolute atomic E-state index is 0.0189. The highest BCUT2D eigenvalue weighted by atomic mass is 35.5. The molecule has 1 aliphatic rings. The third-order valence-electron chi connectivity index (χ3n) is 6.66. The Kier molecular flexibility index (Phi) is 8.20. The predicted octanol–water partition coefficient (Wildman–Crippen LogP) is 5.83. The van der Waals surface area contributed by atoms with Crippen LogP contribution in [0.3, 0.4) is 0 Å². The van der Waals surface area contributed by atoms with Gasteiger partial charge in [-0.25, -0.2) is 31.6 Å². The van der Waals surface area contributed by atoms with Gasteiger partial charge in [-0.15, -0.1) is 0 Å². The van der Waals surface area contributed by atoms with Crippen molar-refractivity contribution in [2.75, 3.05) is 18.8 Å². The lowest BCUT2D eigenvalue weighted by Gasteiger charge is -2.40. The van der Waals surface area contributed by atoms with Crippen molar-refractivity contribution in [3.8, 4) is 5.75 Å². The average Bonchev–Trinajstić information content (AvgIpc) is 2.86. The molecule has 3 atom stereocenters. The van der Waals surface area contributed by atoms with Crippen LogP contribution in [-0.2, 0) is 15.9 Å². The molecule has 1 aromatic heterocycles. The third-order valence-corrected chi connectivity index (χ3v) is 8.32. The second kappa shape index (κ2) is 11.1. The first-order valence-corrected chi connectivity index (χ1v) is 13.8. The Labute approximate surface area is 225 Å². The van der Waals surface area contributed by atoms with Gasteiger partial charge in [0.25, 0.3) is 15.9 Å². The van der Waals surface area contributed by atoms with Gasteiger partial charge in [0.2, 0.25) is 0 Å². The molecule has 0 radical (unpaired) electrons.